The third-order valence-electron chi connectivity index (χ3n) is 4.39. The van der Waals surface area contributed by atoms with Crippen LogP contribution in [0.15, 0.2) is 12.2 Å². The van der Waals surface area contributed by atoms with Crippen LogP contribution < -0.4 is 0 Å². The molecule has 0 unspecified atom stereocenters. The van der Waals surface area contributed by atoms with E-state index in [1.807, 2.05) is 0 Å². The number of nitrogens with zero attached hydrogens (tertiary/aromatic N) is 1. The van der Waals surface area contributed by atoms with Gasteiger partial charge in [0, 0.05) is 39.3 Å². The molecule has 23 heavy (non-hydrogen) atoms. The van der Waals surface area contributed by atoms with E-state index in [0.29, 0.717) is 17.8 Å². The lowest BCUT2D eigenvalue weighted by Gasteiger charge is -2.35. The van der Waals surface area contributed by atoms with Gasteiger partial charge in [-0.1, -0.05) is 53.7 Å². The van der Waals surface area contributed by atoms with E-state index >= 15 is 0 Å². The molecule has 0 saturated carbocycles. The predicted molar refractivity (Wildman–Crippen MR) is 101 cm³/mol. The molecule has 3 heteroatoms. The van der Waals surface area contributed by atoms with E-state index in [1.54, 1.807) is 14.2 Å². The molecule has 0 aromatic rings. The van der Waals surface area contributed by atoms with Crippen molar-refractivity contribution in [2.45, 2.75) is 48.0 Å². The van der Waals surface area contributed by atoms with Crippen molar-refractivity contribution >= 4 is 0 Å². The maximum absolute atomic E-state index is 5.48. The van der Waals surface area contributed by atoms with E-state index < -0.39 is 0 Å². The van der Waals surface area contributed by atoms with Gasteiger partial charge in [-0.15, -0.1) is 0 Å². The highest BCUT2D eigenvalue weighted by Gasteiger charge is 2.32. The van der Waals surface area contributed by atoms with Gasteiger partial charge in [0.15, 0.2) is 0 Å². The fourth-order valence-electron chi connectivity index (χ4n) is 3.10. The molecule has 3 nitrogen and oxygen atoms in total. The third-order valence-corrected chi connectivity index (χ3v) is 4.39. The average Bonchev–Trinajstić information content (AvgIpc) is 2.42. The molecule has 0 rings (SSSR count). The Balaban J connectivity index is 4.69. The molecule has 0 aliphatic carbocycles. The second-order valence-corrected chi connectivity index (χ2v) is 8.06. The van der Waals surface area contributed by atoms with Gasteiger partial charge in [0.1, 0.15) is 0 Å². The minimum absolute atomic E-state index is 0.0704. The first-order chi connectivity index (χ1) is 10.8. The van der Waals surface area contributed by atoms with Crippen molar-refractivity contribution in [3.8, 4) is 0 Å². The summed E-state index contributed by atoms with van der Waals surface area (Å²) in [6.45, 7) is 18.5. The zero-order valence-corrected chi connectivity index (χ0v) is 16.9. The minimum Gasteiger partial charge on any atom is -0.384 e. The van der Waals surface area contributed by atoms with E-state index in [9.17, 15) is 0 Å². The highest BCUT2D eigenvalue weighted by Crippen LogP contribution is 2.32. The quantitative estimate of drug-likeness (QED) is 0.465. The van der Waals surface area contributed by atoms with Crippen LogP contribution in [0.2, 0.25) is 0 Å². The van der Waals surface area contributed by atoms with Crippen molar-refractivity contribution in [2.75, 3.05) is 47.1 Å². The highest BCUT2D eigenvalue weighted by atomic mass is 16.5. The summed E-state index contributed by atoms with van der Waals surface area (Å²) in [4.78, 5) is 2.55. The molecule has 0 aromatic carbocycles. The molecule has 0 heterocycles. The predicted octanol–water partition coefficient (Wildman–Crippen LogP) is 4.48. The summed E-state index contributed by atoms with van der Waals surface area (Å²) in [5, 5.41) is 0. The van der Waals surface area contributed by atoms with Crippen LogP contribution in [0.5, 0.6) is 0 Å². The average molecular weight is 328 g/mol. The summed E-state index contributed by atoms with van der Waals surface area (Å²) < 4.78 is 11.0. The Kier molecular flexibility index (Phi) is 11.9. The standard InChI is InChI=1S/C20H41NO2/c1-17(2)13-21(14-18(3)4)12-10-9-11-20(15-22-7,16-23-8)19(5)6/h9-10,17-19H,11-16H2,1-8H3. The number of rotatable bonds is 13. The van der Waals surface area contributed by atoms with Crippen molar-refractivity contribution in [3.05, 3.63) is 12.2 Å². The first-order valence-corrected chi connectivity index (χ1v) is 9.12. The molecular formula is C20H41NO2. The number of hydrogen-bond acceptors (Lipinski definition) is 3. The third kappa shape index (κ3) is 9.49. The lowest BCUT2D eigenvalue weighted by molar-refractivity contribution is -0.0184. The van der Waals surface area contributed by atoms with E-state index in [4.69, 9.17) is 9.47 Å². The second-order valence-electron chi connectivity index (χ2n) is 8.06. The van der Waals surface area contributed by atoms with Gasteiger partial charge in [-0.25, -0.2) is 0 Å². The molecular weight excluding hydrogens is 286 g/mol. The maximum Gasteiger partial charge on any atom is 0.0546 e. The summed E-state index contributed by atoms with van der Waals surface area (Å²) >= 11 is 0. The Morgan fingerprint density at radius 3 is 1.65 bits per heavy atom. The fraction of sp³-hybridized carbons (Fsp3) is 0.900. The summed E-state index contributed by atoms with van der Waals surface area (Å²) in [6, 6.07) is 0. The van der Waals surface area contributed by atoms with Gasteiger partial charge in [0.2, 0.25) is 0 Å². The van der Waals surface area contributed by atoms with Crippen molar-refractivity contribution in [2.24, 2.45) is 23.2 Å². The van der Waals surface area contributed by atoms with Gasteiger partial charge < -0.3 is 9.47 Å². The van der Waals surface area contributed by atoms with Gasteiger partial charge in [-0.2, -0.15) is 0 Å². The van der Waals surface area contributed by atoms with E-state index in [2.05, 4.69) is 58.6 Å². The number of ether oxygens (including phenoxy) is 2. The van der Waals surface area contributed by atoms with Crippen LogP contribution in [-0.4, -0.2) is 52.0 Å². The monoisotopic (exact) mass is 327 g/mol. The normalized spacial score (nSPS) is 13.4. The lowest BCUT2D eigenvalue weighted by Crippen LogP contribution is -2.36. The molecule has 138 valence electrons. The Bertz CT molecular complexity index is 295. The van der Waals surface area contributed by atoms with Crippen LogP contribution in [-0.2, 0) is 9.47 Å². The topological polar surface area (TPSA) is 21.7 Å². The minimum atomic E-state index is 0.0704. The number of hydrogen-bond donors (Lipinski definition) is 0. The van der Waals surface area contributed by atoms with Crippen LogP contribution in [0.25, 0.3) is 0 Å². The molecule has 0 saturated heterocycles. The largest absolute Gasteiger partial charge is 0.384 e. The molecule has 0 atom stereocenters. The van der Waals surface area contributed by atoms with Crippen LogP contribution in [0.1, 0.15) is 48.0 Å². The molecule has 0 fully saturated rings. The van der Waals surface area contributed by atoms with Crippen LogP contribution >= 0.6 is 0 Å². The van der Waals surface area contributed by atoms with E-state index in [0.717, 1.165) is 39.3 Å². The van der Waals surface area contributed by atoms with Crippen LogP contribution in [0.3, 0.4) is 0 Å². The zero-order valence-electron chi connectivity index (χ0n) is 16.9. The molecule has 0 aliphatic rings. The van der Waals surface area contributed by atoms with Gasteiger partial charge >= 0.3 is 0 Å². The SMILES string of the molecule is COCC(CC=CCN(CC(C)C)CC(C)C)(COC)C(C)C. The summed E-state index contributed by atoms with van der Waals surface area (Å²) in [5.74, 6) is 1.94. The zero-order chi connectivity index (χ0) is 17.9. The first-order valence-electron chi connectivity index (χ1n) is 9.12. The van der Waals surface area contributed by atoms with Crippen molar-refractivity contribution in [1.29, 1.82) is 0 Å². The van der Waals surface area contributed by atoms with E-state index in [1.165, 1.54) is 0 Å². The first kappa shape index (κ1) is 22.6. The van der Waals surface area contributed by atoms with Gasteiger partial charge in [-0.05, 0) is 24.2 Å². The Labute approximate surface area is 145 Å². The lowest BCUT2D eigenvalue weighted by atomic mass is 9.75. The molecule has 0 N–H and O–H groups in total. The van der Waals surface area contributed by atoms with Crippen molar-refractivity contribution < 1.29 is 9.47 Å². The Morgan fingerprint density at radius 1 is 0.826 bits per heavy atom. The molecule has 0 spiro atoms. The highest BCUT2D eigenvalue weighted by molar-refractivity contribution is 4.94. The van der Waals surface area contributed by atoms with Crippen molar-refractivity contribution in [3.63, 3.8) is 0 Å². The van der Waals surface area contributed by atoms with Crippen LogP contribution in [0.4, 0.5) is 0 Å². The number of allylic oxidation sites excluding steroid dienone is 1. The van der Waals surface area contributed by atoms with E-state index in [-0.39, 0.29) is 5.41 Å². The molecule has 0 bridgehead atoms. The molecule has 0 aliphatic heterocycles. The van der Waals surface area contributed by atoms with Gasteiger partial charge in [-0.3, -0.25) is 4.90 Å². The van der Waals surface area contributed by atoms with Gasteiger partial charge in [0.05, 0.1) is 13.2 Å². The summed E-state index contributed by atoms with van der Waals surface area (Å²) in [6.07, 6.45) is 5.66. The smallest absolute Gasteiger partial charge is 0.0546 e. The Morgan fingerprint density at radius 2 is 1.30 bits per heavy atom. The summed E-state index contributed by atoms with van der Waals surface area (Å²) in [5.41, 5.74) is 0.0704. The number of methoxy groups -OCH3 is 2. The van der Waals surface area contributed by atoms with Crippen LogP contribution in [0, 0.1) is 23.2 Å². The maximum atomic E-state index is 5.48. The molecule has 0 radical (unpaired) electrons. The summed E-state index contributed by atoms with van der Waals surface area (Å²) in [7, 11) is 3.56. The van der Waals surface area contributed by atoms with Crippen molar-refractivity contribution in [1.82, 2.24) is 4.90 Å². The van der Waals surface area contributed by atoms with Gasteiger partial charge in [0.25, 0.3) is 0 Å². The molecule has 0 amide bonds. The Hall–Kier alpha value is -0.380. The second kappa shape index (κ2) is 12.0. The molecule has 0 aromatic heterocycles. The fourth-order valence-corrected chi connectivity index (χ4v) is 3.10.